The molecule has 1 aliphatic carbocycles. The van der Waals surface area contributed by atoms with Crippen LogP contribution in [-0.2, 0) is 0 Å². The van der Waals surface area contributed by atoms with Crippen molar-refractivity contribution >= 4 is 0 Å². The molecule has 2 nitrogen and oxygen atoms in total. The van der Waals surface area contributed by atoms with Crippen molar-refractivity contribution in [2.45, 2.75) is 60.0 Å². The summed E-state index contributed by atoms with van der Waals surface area (Å²) >= 11 is 0. The first kappa shape index (κ1) is 15.4. The Morgan fingerprint density at radius 2 is 1.69 bits per heavy atom. The number of nitrogens with two attached hydrogens (primary N) is 1. The lowest BCUT2D eigenvalue weighted by Crippen LogP contribution is -2.39. The third kappa shape index (κ3) is 7.03. The molecule has 0 radical (unpaired) electrons. The number of hydrogen-bond donors (Lipinski definition) is 2. The first-order valence-corrected chi connectivity index (χ1v) is 5.42. The average Bonchev–Trinajstić information content (AvgIpc) is 2.19. The summed E-state index contributed by atoms with van der Waals surface area (Å²) in [6, 6.07) is 0. The summed E-state index contributed by atoms with van der Waals surface area (Å²) in [5.74, 6) is 0. The third-order valence-electron chi connectivity index (χ3n) is 2.25. The van der Waals surface area contributed by atoms with Gasteiger partial charge >= 0.3 is 0 Å². The van der Waals surface area contributed by atoms with Crippen molar-refractivity contribution in [1.29, 1.82) is 0 Å². The minimum Gasteiger partial charge on any atom is -0.393 e. The van der Waals surface area contributed by atoms with E-state index in [0.29, 0.717) is 0 Å². The lowest BCUT2D eigenvalue weighted by atomic mass is 9.69. The molecule has 3 N–H and O–H groups in total. The van der Waals surface area contributed by atoms with E-state index in [-0.39, 0.29) is 11.5 Å². The maximum atomic E-state index is 8.98. The second-order valence-corrected chi connectivity index (χ2v) is 3.83. The molecule has 1 aliphatic rings. The fourth-order valence-electron chi connectivity index (χ4n) is 0.851. The Morgan fingerprint density at radius 1 is 1.38 bits per heavy atom. The van der Waals surface area contributed by atoms with Crippen molar-refractivity contribution in [2.24, 2.45) is 11.1 Å². The summed E-state index contributed by atoms with van der Waals surface area (Å²) in [5, 5.41) is 8.98. The monoisotopic (exact) mass is 189 g/mol. The van der Waals surface area contributed by atoms with E-state index in [1.807, 2.05) is 13.8 Å². The summed E-state index contributed by atoms with van der Waals surface area (Å²) in [7, 11) is 0. The van der Waals surface area contributed by atoms with Crippen molar-refractivity contribution in [3.63, 3.8) is 0 Å². The summed E-state index contributed by atoms with van der Waals surface area (Å²) in [4.78, 5) is 0. The fraction of sp³-hybridized carbons (Fsp3) is 1.00. The zero-order chi connectivity index (χ0) is 10.9. The predicted molar refractivity (Wildman–Crippen MR) is 59.7 cm³/mol. The highest BCUT2D eigenvalue weighted by Crippen LogP contribution is 2.39. The maximum Gasteiger partial charge on any atom is 0.0591 e. The van der Waals surface area contributed by atoms with E-state index in [9.17, 15) is 0 Å². The van der Waals surface area contributed by atoms with E-state index in [1.165, 1.54) is 6.42 Å². The number of rotatable bonds is 1. The number of aliphatic hydroxyl groups is 1. The van der Waals surface area contributed by atoms with Crippen LogP contribution in [0.25, 0.3) is 0 Å². The van der Waals surface area contributed by atoms with Crippen molar-refractivity contribution < 1.29 is 5.11 Å². The van der Waals surface area contributed by atoms with E-state index in [2.05, 4.69) is 20.8 Å². The van der Waals surface area contributed by atoms with Gasteiger partial charge in [0.1, 0.15) is 0 Å². The molecule has 0 amide bonds. The second kappa shape index (κ2) is 8.52. The molecule has 1 saturated carbocycles. The molecular formula is C11H27NO. The second-order valence-electron chi connectivity index (χ2n) is 3.83. The van der Waals surface area contributed by atoms with Gasteiger partial charge in [0.15, 0.2) is 0 Å². The van der Waals surface area contributed by atoms with Crippen LogP contribution >= 0.6 is 0 Å². The largest absolute Gasteiger partial charge is 0.393 e. The number of aliphatic hydroxyl groups excluding tert-OH is 1. The standard InChI is InChI=1S/C6H12O.C3H9N.C2H6/c1-6(2)4-3-5(6)7;1-2-3-4;1-2/h5,7H,3-4H2,1-2H3;2-4H2,1H3;1-2H3. The SMILES string of the molecule is CC.CC1(C)CCC1O.CCCN. The third-order valence-corrected chi connectivity index (χ3v) is 2.25. The normalized spacial score (nSPS) is 22.8. The van der Waals surface area contributed by atoms with Crippen LogP contribution < -0.4 is 5.73 Å². The summed E-state index contributed by atoms with van der Waals surface area (Å²) in [5.41, 5.74) is 5.26. The summed E-state index contributed by atoms with van der Waals surface area (Å²) in [6.45, 7) is 11.1. The smallest absolute Gasteiger partial charge is 0.0591 e. The van der Waals surface area contributed by atoms with Crippen molar-refractivity contribution in [1.82, 2.24) is 0 Å². The van der Waals surface area contributed by atoms with E-state index in [4.69, 9.17) is 10.8 Å². The quantitative estimate of drug-likeness (QED) is 0.666. The van der Waals surface area contributed by atoms with Gasteiger partial charge in [-0.25, -0.2) is 0 Å². The van der Waals surface area contributed by atoms with Gasteiger partial charge in [0.25, 0.3) is 0 Å². The van der Waals surface area contributed by atoms with Gasteiger partial charge in [0, 0.05) is 0 Å². The van der Waals surface area contributed by atoms with E-state index in [1.54, 1.807) is 0 Å². The van der Waals surface area contributed by atoms with Crippen LogP contribution in [0.15, 0.2) is 0 Å². The molecule has 0 aromatic carbocycles. The molecule has 0 aromatic heterocycles. The topological polar surface area (TPSA) is 46.2 Å². The van der Waals surface area contributed by atoms with Crippen LogP contribution in [0.1, 0.15) is 53.9 Å². The van der Waals surface area contributed by atoms with Crippen LogP contribution in [0.2, 0.25) is 0 Å². The molecule has 0 bridgehead atoms. The van der Waals surface area contributed by atoms with Crippen LogP contribution in [-0.4, -0.2) is 17.8 Å². The Labute approximate surface area is 83.5 Å². The molecule has 1 unspecified atom stereocenters. The molecule has 1 rings (SSSR count). The first-order valence-electron chi connectivity index (χ1n) is 5.42. The maximum absolute atomic E-state index is 8.98. The van der Waals surface area contributed by atoms with Gasteiger partial charge in [-0.15, -0.1) is 0 Å². The van der Waals surface area contributed by atoms with Gasteiger partial charge in [-0.3, -0.25) is 0 Å². The van der Waals surface area contributed by atoms with E-state index in [0.717, 1.165) is 19.4 Å². The highest BCUT2D eigenvalue weighted by Gasteiger charge is 2.36. The van der Waals surface area contributed by atoms with Crippen molar-refractivity contribution in [3.05, 3.63) is 0 Å². The Kier molecular flexibility index (Phi) is 10.1. The zero-order valence-corrected chi connectivity index (χ0v) is 9.93. The molecule has 0 spiro atoms. The first-order chi connectivity index (χ1) is 6.04. The molecule has 0 saturated heterocycles. The molecule has 0 aromatic rings. The van der Waals surface area contributed by atoms with E-state index < -0.39 is 0 Å². The lowest BCUT2D eigenvalue weighted by Gasteiger charge is -2.40. The molecule has 1 fully saturated rings. The minimum atomic E-state index is -0.0208. The van der Waals surface area contributed by atoms with Crippen LogP contribution in [0.3, 0.4) is 0 Å². The Balaban J connectivity index is 0. The van der Waals surface area contributed by atoms with Gasteiger partial charge in [0.2, 0.25) is 0 Å². The highest BCUT2D eigenvalue weighted by atomic mass is 16.3. The fourth-order valence-corrected chi connectivity index (χ4v) is 0.851. The van der Waals surface area contributed by atoms with E-state index >= 15 is 0 Å². The molecule has 13 heavy (non-hydrogen) atoms. The van der Waals surface area contributed by atoms with Crippen molar-refractivity contribution in [2.75, 3.05) is 6.54 Å². The van der Waals surface area contributed by atoms with Gasteiger partial charge in [-0.05, 0) is 31.2 Å². The van der Waals surface area contributed by atoms with Gasteiger partial charge in [-0.2, -0.15) is 0 Å². The average molecular weight is 189 g/mol. The van der Waals surface area contributed by atoms with Crippen LogP contribution in [0.5, 0.6) is 0 Å². The number of hydrogen-bond acceptors (Lipinski definition) is 2. The summed E-state index contributed by atoms with van der Waals surface area (Å²) in [6.07, 6.45) is 3.27. The highest BCUT2D eigenvalue weighted by molar-refractivity contribution is 4.87. The molecule has 0 aliphatic heterocycles. The predicted octanol–water partition coefficient (Wildman–Crippen LogP) is 2.55. The molecule has 1 atom stereocenters. The Bertz CT molecular complexity index is 100. The molecule has 2 heteroatoms. The van der Waals surface area contributed by atoms with Crippen molar-refractivity contribution in [3.8, 4) is 0 Å². The van der Waals surface area contributed by atoms with Gasteiger partial charge in [0.05, 0.1) is 6.10 Å². The Morgan fingerprint density at radius 3 is 1.69 bits per heavy atom. The molecule has 0 heterocycles. The lowest BCUT2D eigenvalue weighted by molar-refractivity contribution is -0.0383. The molecular weight excluding hydrogens is 162 g/mol. The zero-order valence-electron chi connectivity index (χ0n) is 9.93. The van der Waals surface area contributed by atoms with Crippen LogP contribution in [0.4, 0.5) is 0 Å². The molecule has 82 valence electrons. The van der Waals surface area contributed by atoms with Gasteiger partial charge < -0.3 is 10.8 Å². The van der Waals surface area contributed by atoms with Crippen LogP contribution in [0, 0.1) is 5.41 Å². The minimum absolute atomic E-state index is 0.0208. The van der Waals surface area contributed by atoms with Gasteiger partial charge in [-0.1, -0.05) is 34.6 Å². The summed E-state index contributed by atoms with van der Waals surface area (Å²) < 4.78 is 0. The Hall–Kier alpha value is -0.0800.